The van der Waals surface area contributed by atoms with Gasteiger partial charge in [-0.2, -0.15) is 0 Å². The first kappa shape index (κ1) is 20.1. The number of amides is 1. The molecule has 124 valence electrons. The summed E-state index contributed by atoms with van der Waals surface area (Å²) < 4.78 is 0. The molecule has 0 aliphatic rings. The standard InChI is InChI=1S/C17H34N2O2/c1-2-3-4-9-12-17(21)19-15-14-18-13-10-7-5-6-8-11-16-20/h2,18,20H,1,3-16H2,(H,19,21). The van der Waals surface area contributed by atoms with Crippen LogP contribution in [0.25, 0.3) is 0 Å². The van der Waals surface area contributed by atoms with E-state index in [-0.39, 0.29) is 5.91 Å². The monoisotopic (exact) mass is 298 g/mol. The van der Waals surface area contributed by atoms with E-state index in [2.05, 4.69) is 17.2 Å². The van der Waals surface area contributed by atoms with Crippen LogP contribution in [0.2, 0.25) is 0 Å². The van der Waals surface area contributed by atoms with E-state index >= 15 is 0 Å². The van der Waals surface area contributed by atoms with Gasteiger partial charge in [0.2, 0.25) is 5.91 Å². The molecule has 0 heterocycles. The zero-order valence-corrected chi connectivity index (χ0v) is 13.5. The summed E-state index contributed by atoms with van der Waals surface area (Å²) >= 11 is 0. The number of hydrogen-bond acceptors (Lipinski definition) is 3. The maximum Gasteiger partial charge on any atom is 0.220 e. The summed E-state index contributed by atoms with van der Waals surface area (Å²) in [5.41, 5.74) is 0. The molecule has 0 aromatic heterocycles. The molecule has 0 atom stereocenters. The number of carbonyl (C=O) groups excluding carboxylic acids is 1. The number of unbranched alkanes of at least 4 members (excludes halogenated alkanes) is 7. The van der Waals surface area contributed by atoms with Gasteiger partial charge in [-0.25, -0.2) is 0 Å². The third-order valence-electron chi connectivity index (χ3n) is 3.45. The molecule has 0 aliphatic heterocycles. The lowest BCUT2D eigenvalue weighted by atomic mass is 10.1. The molecule has 4 heteroatoms. The van der Waals surface area contributed by atoms with Gasteiger partial charge < -0.3 is 15.7 Å². The van der Waals surface area contributed by atoms with E-state index in [0.29, 0.717) is 13.0 Å². The van der Waals surface area contributed by atoms with Crippen LogP contribution in [-0.4, -0.2) is 37.3 Å². The van der Waals surface area contributed by atoms with Crippen LogP contribution < -0.4 is 10.6 Å². The first-order chi connectivity index (χ1) is 10.3. The smallest absolute Gasteiger partial charge is 0.220 e. The predicted octanol–water partition coefficient (Wildman–Crippen LogP) is 2.77. The minimum Gasteiger partial charge on any atom is -0.396 e. The second kappa shape index (κ2) is 17.2. The number of allylic oxidation sites excluding steroid dienone is 1. The van der Waals surface area contributed by atoms with Crippen LogP contribution in [-0.2, 0) is 4.79 Å². The second-order valence-electron chi connectivity index (χ2n) is 5.48. The van der Waals surface area contributed by atoms with Gasteiger partial charge in [-0.15, -0.1) is 6.58 Å². The third kappa shape index (κ3) is 17.1. The van der Waals surface area contributed by atoms with Gasteiger partial charge in [0, 0.05) is 26.1 Å². The lowest BCUT2D eigenvalue weighted by Gasteiger charge is -2.07. The molecule has 0 aromatic carbocycles. The Balaban J connectivity index is 3.10. The molecule has 0 saturated heterocycles. The van der Waals surface area contributed by atoms with Gasteiger partial charge >= 0.3 is 0 Å². The van der Waals surface area contributed by atoms with Crippen LogP contribution in [0.5, 0.6) is 0 Å². The fourth-order valence-electron chi connectivity index (χ4n) is 2.15. The molecular weight excluding hydrogens is 264 g/mol. The lowest BCUT2D eigenvalue weighted by molar-refractivity contribution is -0.121. The van der Waals surface area contributed by atoms with E-state index in [1.54, 1.807) is 0 Å². The lowest BCUT2D eigenvalue weighted by Crippen LogP contribution is -2.32. The number of aliphatic hydroxyl groups excluding tert-OH is 1. The van der Waals surface area contributed by atoms with E-state index in [0.717, 1.165) is 51.7 Å². The third-order valence-corrected chi connectivity index (χ3v) is 3.45. The van der Waals surface area contributed by atoms with Crippen LogP contribution in [0.1, 0.15) is 64.2 Å². The first-order valence-corrected chi connectivity index (χ1v) is 8.50. The van der Waals surface area contributed by atoms with Gasteiger partial charge in [0.15, 0.2) is 0 Å². The highest BCUT2D eigenvalue weighted by molar-refractivity contribution is 5.75. The van der Waals surface area contributed by atoms with E-state index in [1.165, 1.54) is 25.7 Å². The fraction of sp³-hybridized carbons (Fsp3) is 0.824. The van der Waals surface area contributed by atoms with Crippen LogP contribution in [0, 0.1) is 0 Å². The Hall–Kier alpha value is -0.870. The van der Waals surface area contributed by atoms with Gasteiger partial charge in [0.25, 0.3) is 0 Å². The van der Waals surface area contributed by atoms with Crippen molar-refractivity contribution >= 4 is 5.91 Å². The van der Waals surface area contributed by atoms with Crippen molar-refractivity contribution < 1.29 is 9.90 Å². The summed E-state index contributed by atoms with van der Waals surface area (Å²) in [6, 6.07) is 0. The highest BCUT2D eigenvalue weighted by Gasteiger charge is 1.99. The van der Waals surface area contributed by atoms with E-state index < -0.39 is 0 Å². The highest BCUT2D eigenvalue weighted by Crippen LogP contribution is 2.04. The number of aliphatic hydroxyl groups is 1. The van der Waals surface area contributed by atoms with Gasteiger partial charge in [0.05, 0.1) is 0 Å². The summed E-state index contributed by atoms with van der Waals surface area (Å²) in [4.78, 5) is 11.5. The van der Waals surface area contributed by atoms with Crippen molar-refractivity contribution in [2.45, 2.75) is 64.2 Å². The normalized spacial score (nSPS) is 10.5. The number of nitrogens with one attached hydrogen (secondary N) is 2. The topological polar surface area (TPSA) is 61.4 Å². The summed E-state index contributed by atoms with van der Waals surface area (Å²) in [7, 11) is 0. The number of carbonyl (C=O) groups is 1. The average Bonchev–Trinajstić information content (AvgIpc) is 2.49. The van der Waals surface area contributed by atoms with Gasteiger partial charge in [-0.1, -0.05) is 31.8 Å². The molecule has 1 amide bonds. The van der Waals surface area contributed by atoms with E-state index in [1.807, 2.05) is 6.08 Å². The molecule has 21 heavy (non-hydrogen) atoms. The maximum absolute atomic E-state index is 11.5. The van der Waals surface area contributed by atoms with Crippen molar-refractivity contribution in [3.05, 3.63) is 12.7 Å². The zero-order chi connectivity index (χ0) is 15.6. The van der Waals surface area contributed by atoms with Crippen molar-refractivity contribution in [1.29, 1.82) is 0 Å². The zero-order valence-electron chi connectivity index (χ0n) is 13.5. The average molecular weight is 298 g/mol. The molecule has 0 aliphatic carbocycles. The largest absolute Gasteiger partial charge is 0.396 e. The van der Waals surface area contributed by atoms with Crippen LogP contribution >= 0.6 is 0 Å². The molecular formula is C17H34N2O2. The summed E-state index contributed by atoms with van der Waals surface area (Å²) in [6.45, 7) is 6.58. The summed E-state index contributed by atoms with van der Waals surface area (Å²) in [6.07, 6.45) is 12.5. The Kier molecular flexibility index (Phi) is 16.5. The Morgan fingerprint density at radius 1 is 0.905 bits per heavy atom. The van der Waals surface area contributed by atoms with Crippen molar-refractivity contribution in [2.24, 2.45) is 0 Å². The van der Waals surface area contributed by atoms with Crippen LogP contribution in [0.4, 0.5) is 0 Å². The molecule has 0 saturated carbocycles. The molecule has 0 unspecified atom stereocenters. The second-order valence-corrected chi connectivity index (χ2v) is 5.48. The van der Waals surface area contributed by atoms with Gasteiger partial charge in [0.1, 0.15) is 0 Å². The van der Waals surface area contributed by atoms with Crippen molar-refractivity contribution in [3.63, 3.8) is 0 Å². The molecule has 0 bridgehead atoms. The number of rotatable bonds is 16. The van der Waals surface area contributed by atoms with Gasteiger partial charge in [-0.05, 0) is 38.6 Å². The quantitative estimate of drug-likeness (QED) is 0.303. The Bertz CT molecular complexity index is 245. The van der Waals surface area contributed by atoms with Crippen molar-refractivity contribution in [1.82, 2.24) is 10.6 Å². The Morgan fingerprint density at radius 2 is 1.62 bits per heavy atom. The minimum atomic E-state index is 0.157. The Labute approximate surface area is 130 Å². The predicted molar refractivity (Wildman–Crippen MR) is 89.3 cm³/mol. The molecule has 3 N–H and O–H groups in total. The molecule has 0 rings (SSSR count). The Morgan fingerprint density at radius 3 is 2.33 bits per heavy atom. The van der Waals surface area contributed by atoms with Gasteiger partial charge in [-0.3, -0.25) is 4.79 Å². The minimum absolute atomic E-state index is 0.157. The fourth-order valence-corrected chi connectivity index (χ4v) is 2.15. The van der Waals surface area contributed by atoms with Crippen molar-refractivity contribution in [3.8, 4) is 0 Å². The summed E-state index contributed by atoms with van der Waals surface area (Å²) in [5.74, 6) is 0.157. The van der Waals surface area contributed by atoms with Crippen LogP contribution in [0.15, 0.2) is 12.7 Å². The molecule has 0 aromatic rings. The van der Waals surface area contributed by atoms with E-state index in [9.17, 15) is 4.79 Å². The maximum atomic E-state index is 11.5. The van der Waals surface area contributed by atoms with Crippen LogP contribution in [0.3, 0.4) is 0 Å². The van der Waals surface area contributed by atoms with Crippen molar-refractivity contribution in [2.75, 3.05) is 26.2 Å². The number of hydrogen-bond donors (Lipinski definition) is 3. The molecule has 0 spiro atoms. The SMILES string of the molecule is C=CCCCCC(=O)NCCNCCCCCCCCO. The summed E-state index contributed by atoms with van der Waals surface area (Å²) in [5, 5.41) is 14.9. The first-order valence-electron chi connectivity index (χ1n) is 8.50. The molecule has 0 radical (unpaired) electrons. The molecule has 4 nitrogen and oxygen atoms in total. The molecule has 0 fully saturated rings. The van der Waals surface area contributed by atoms with E-state index in [4.69, 9.17) is 5.11 Å². The highest BCUT2D eigenvalue weighted by atomic mass is 16.2.